The van der Waals surface area contributed by atoms with Gasteiger partial charge in [-0.2, -0.15) is 0 Å². The maximum absolute atomic E-state index is 11.2. The average molecular weight is 195 g/mol. The Morgan fingerprint density at radius 2 is 2.00 bits per heavy atom. The molecule has 15 heavy (non-hydrogen) atoms. The van der Waals surface area contributed by atoms with Crippen molar-refractivity contribution >= 4 is 11.9 Å². The van der Waals surface area contributed by atoms with E-state index in [9.17, 15) is 4.79 Å². The lowest BCUT2D eigenvalue weighted by molar-refractivity contribution is -0.110. The van der Waals surface area contributed by atoms with Crippen LogP contribution in [0, 0.1) is 0 Å². The van der Waals surface area contributed by atoms with Crippen LogP contribution in [0.3, 0.4) is 0 Å². The molecule has 1 unspecified atom stereocenters. The van der Waals surface area contributed by atoms with E-state index in [0.717, 1.165) is 16.1 Å². The van der Waals surface area contributed by atoms with E-state index in [2.05, 4.69) is 4.99 Å². The minimum Gasteiger partial charge on any atom is -0.290 e. The Morgan fingerprint density at radius 3 is 2.93 bits per heavy atom. The van der Waals surface area contributed by atoms with Crippen LogP contribution in [0.4, 0.5) is 0 Å². The molecule has 0 amide bonds. The number of hydrogen-bond acceptors (Lipinski definition) is 2. The van der Waals surface area contributed by atoms with E-state index in [1.165, 1.54) is 0 Å². The summed E-state index contributed by atoms with van der Waals surface area (Å²) >= 11 is 0. The first-order valence-electron chi connectivity index (χ1n) is 4.91. The Bertz CT molecular complexity index is 608. The second-order valence-electron chi connectivity index (χ2n) is 3.68. The van der Waals surface area contributed by atoms with Crippen molar-refractivity contribution in [2.75, 3.05) is 0 Å². The van der Waals surface area contributed by atoms with Gasteiger partial charge in [-0.15, -0.1) is 0 Å². The molecule has 0 radical (unpaired) electrons. The first-order chi connectivity index (χ1) is 7.33. The van der Waals surface area contributed by atoms with Crippen molar-refractivity contribution in [3.05, 3.63) is 58.6 Å². The van der Waals surface area contributed by atoms with Gasteiger partial charge < -0.3 is 0 Å². The summed E-state index contributed by atoms with van der Waals surface area (Å²) in [6.45, 7) is 0. The fraction of sp³-hybridized carbons (Fsp3) is 0.0769. The molecule has 72 valence electrons. The molecule has 0 N–H and O–H groups in total. The van der Waals surface area contributed by atoms with Crippen LogP contribution < -0.4 is 10.6 Å². The highest BCUT2D eigenvalue weighted by Crippen LogP contribution is 2.15. The highest BCUT2D eigenvalue weighted by atomic mass is 16.1. The Balaban J connectivity index is 2.29. The van der Waals surface area contributed by atoms with Crippen LogP contribution in [0.15, 0.2) is 53.1 Å². The van der Waals surface area contributed by atoms with E-state index >= 15 is 0 Å². The van der Waals surface area contributed by atoms with Crippen molar-refractivity contribution in [1.82, 2.24) is 0 Å². The van der Waals surface area contributed by atoms with Crippen molar-refractivity contribution in [3.8, 4) is 0 Å². The molecule has 0 bridgehead atoms. The van der Waals surface area contributed by atoms with Crippen LogP contribution in [0.25, 0.3) is 6.08 Å². The van der Waals surface area contributed by atoms with Crippen molar-refractivity contribution in [1.29, 1.82) is 0 Å². The molecule has 0 fully saturated rings. The summed E-state index contributed by atoms with van der Waals surface area (Å²) in [5.41, 5.74) is 0.987. The molecular weight excluding hydrogens is 186 g/mol. The maximum atomic E-state index is 11.2. The molecule has 0 saturated heterocycles. The second kappa shape index (κ2) is 3.02. The van der Waals surface area contributed by atoms with Crippen LogP contribution in [0.1, 0.15) is 0 Å². The zero-order chi connectivity index (χ0) is 10.3. The van der Waals surface area contributed by atoms with Crippen LogP contribution >= 0.6 is 0 Å². The summed E-state index contributed by atoms with van der Waals surface area (Å²) < 4.78 is 0. The lowest BCUT2D eigenvalue weighted by Gasteiger charge is -2.15. The quantitative estimate of drug-likeness (QED) is 0.594. The van der Waals surface area contributed by atoms with Crippen LogP contribution in [-0.2, 0) is 4.79 Å². The van der Waals surface area contributed by atoms with Crippen LogP contribution in [-0.4, -0.2) is 11.8 Å². The van der Waals surface area contributed by atoms with E-state index in [-0.39, 0.29) is 11.8 Å². The van der Waals surface area contributed by atoms with Crippen molar-refractivity contribution in [3.63, 3.8) is 0 Å². The SMILES string of the molecule is O=C1C=CC2N=c3ccccc3=CC2=C1. The Morgan fingerprint density at radius 1 is 1.13 bits per heavy atom. The lowest BCUT2D eigenvalue weighted by Crippen LogP contribution is -2.32. The van der Waals surface area contributed by atoms with Crippen molar-refractivity contribution < 1.29 is 4.79 Å². The van der Waals surface area contributed by atoms with Gasteiger partial charge in [-0.05, 0) is 29.9 Å². The van der Waals surface area contributed by atoms with Gasteiger partial charge in [-0.1, -0.05) is 24.3 Å². The van der Waals surface area contributed by atoms with E-state index in [1.807, 2.05) is 36.4 Å². The van der Waals surface area contributed by atoms with E-state index in [0.29, 0.717) is 0 Å². The number of hydrogen-bond donors (Lipinski definition) is 0. The molecule has 1 heterocycles. The van der Waals surface area contributed by atoms with E-state index in [1.54, 1.807) is 12.2 Å². The lowest BCUT2D eigenvalue weighted by atomic mass is 9.97. The number of benzene rings is 1. The number of para-hydroxylation sites is 1. The topological polar surface area (TPSA) is 29.4 Å². The summed E-state index contributed by atoms with van der Waals surface area (Å²) in [5.74, 6) is 0.0482. The number of carbonyl (C=O) groups excluding carboxylic acids is 1. The summed E-state index contributed by atoms with van der Waals surface area (Å²) in [5, 5.41) is 2.08. The van der Waals surface area contributed by atoms with Gasteiger partial charge in [0.2, 0.25) is 0 Å². The molecule has 1 aliphatic carbocycles. The van der Waals surface area contributed by atoms with E-state index in [4.69, 9.17) is 0 Å². The Labute approximate surface area is 87.0 Å². The molecule has 1 aromatic carbocycles. The zero-order valence-corrected chi connectivity index (χ0v) is 8.05. The molecule has 2 heteroatoms. The van der Waals surface area contributed by atoms with Crippen molar-refractivity contribution in [2.24, 2.45) is 4.99 Å². The van der Waals surface area contributed by atoms with Gasteiger partial charge in [0.05, 0.1) is 11.4 Å². The van der Waals surface area contributed by atoms with Crippen LogP contribution in [0.2, 0.25) is 0 Å². The van der Waals surface area contributed by atoms with Crippen LogP contribution in [0.5, 0.6) is 0 Å². The number of nitrogens with zero attached hydrogens (tertiary/aromatic N) is 1. The van der Waals surface area contributed by atoms with Gasteiger partial charge in [0.15, 0.2) is 5.78 Å². The molecule has 2 nitrogen and oxygen atoms in total. The summed E-state index contributed by atoms with van der Waals surface area (Å²) in [6.07, 6.45) is 7.13. The normalized spacial score (nSPS) is 22.0. The third-order valence-electron chi connectivity index (χ3n) is 2.63. The van der Waals surface area contributed by atoms with E-state index < -0.39 is 0 Å². The molecular formula is C13H9NO. The number of rotatable bonds is 0. The zero-order valence-electron chi connectivity index (χ0n) is 8.05. The van der Waals surface area contributed by atoms with Gasteiger partial charge in [-0.3, -0.25) is 9.79 Å². The van der Waals surface area contributed by atoms with Gasteiger partial charge in [0.1, 0.15) is 0 Å². The summed E-state index contributed by atoms with van der Waals surface area (Å²) in [7, 11) is 0. The molecule has 0 aromatic heterocycles. The predicted molar refractivity (Wildman–Crippen MR) is 57.7 cm³/mol. The minimum absolute atomic E-state index is 0.0256. The Kier molecular flexibility index (Phi) is 1.68. The van der Waals surface area contributed by atoms with Gasteiger partial charge >= 0.3 is 0 Å². The fourth-order valence-corrected chi connectivity index (χ4v) is 1.90. The fourth-order valence-electron chi connectivity index (χ4n) is 1.90. The first-order valence-corrected chi connectivity index (χ1v) is 4.91. The number of allylic oxidation sites excluding steroid dienone is 2. The Hall–Kier alpha value is -1.96. The first kappa shape index (κ1) is 8.36. The minimum atomic E-state index is 0.0256. The number of fused-ring (bicyclic) bond motifs is 2. The van der Waals surface area contributed by atoms with Gasteiger partial charge in [0, 0.05) is 5.22 Å². The molecule has 2 aliphatic rings. The maximum Gasteiger partial charge on any atom is 0.178 e. The molecule has 3 rings (SSSR count). The molecule has 0 saturated carbocycles. The second-order valence-corrected chi connectivity index (χ2v) is 3.68. The molecule has 1 aromatic rings. The average Bonchev–Trinajstić information content (AvgIpc) is 2.26. The highest BCUT2D eigenvalue weighted by molar-refractivity contribution is 6.02. The highest BCUT2D eigenvalue weighted by Gasteiger charge is 2.15. The smallest absolute Gasteiger partial charge is 0.178 e. The predicted octanol–water partition coefficient (Wildman–Crippen LogP) is 0.534. The summed E-state index contributed by atoms with van der Waals surface area (Å²) in [4.78, 5) is 15.8. The standard InChI is InChI=1S/C13H9NO/c15-11-5-6-13-10(8-11)7-9-3-1-2-4-12(9)14-13/h1-8,13H. The third-order valence-corrected chi connectivity index (χ3v) is 2.63. The van der Waals surface area contributed by atoms with Gasteiger partial charge in [-0.25, -0.2) is 0 Å². The number of ketones is 1. The number of carbonyl (C=O) groups is 1. The largest absolute Gasteiger partial charge is 0.290 e. The molecule has 1 atom stereocenters. The third kappa shape index (κ3) is 1.34. The summed E-state index contributed by atoms with van der Waals surface area (Å²) in [6, 6.07) is 7.98. The van der Waals surface area contributed by atoms with Gasteiger partial charge in [0.25, 0.3) is 0 Å². The molecule has 1 aliphatic heterocycles. The van der Waals surface area contributed by atoms with Crippen molar-refractivity contribution in [2.45, 2.75) is 6.04 Å². The molecule has 0 spiro atoms. The monoisotopic (exact) mass is 195 g/mol.